The molecular formula is C25H24N2O3S. The second kappa shape index (κ2) is 9.18. The van der Waals surface area contributed by atoms with Gasteiger partial charge in [-0.1, -0.05) is 36.4 Å². The summed E-state index contributed by atoms with van der Waals surface area (Å²) in [6.07, 6.45) is 0.238. The lowest BCUT2D eigenvalue weighted by molar-refractivity contribution is -0.121. The van der Waals surface area contributed by atoms with Crippen molar-refractivity contribution >= 4 is 28.0 Å². The highest BCUT2D eigenvalue weighted by atomic mass is 32.1. The van der Waals surface area contributed by atoms with Gasteiger partial charge >= 0.3 is 0 Å². The number of hydrogen-bond donors (Lipinski definition) is 1. The first-order chi connectivity index (χ1) is 15.1. The molecular weight excluding hydrogens is 408 g/mol. The smallest absolute Gasteiger partial charge is 0.226 e. The van der Waals surface area contributed by atoms with Gasteiger partial charge in [0, 0.05) is 10.9 Å². The second-order valence-corrected chi connectivity index (χ2v) is 8.14. The van der Waals surface area contributed by atoms with Crippen molar-refractivity contribution in [3.63, 3.8) is 0 Å². The predicted octanol–water partition coefficient (Wildman–Crippen LogP) is 5.40. The van der Waals surface area contributed by atoms with Crippen molar-refractivity contribution in [3.05, 3.63) is 77.3 Å². The van der Waals surface area contributed by atoms with Gasteiger partial charge in [0.25, 0.3) is 0 Å². The van der Waals surface area contributed by atoms with Gasteiger partial charge < -0.3 is 14.8 Å². The molecule has 31 heavy (non-hydrogen) atoms. The molecule has 4 rings (SSSR count). The number of amides is 1. The van der Waals surface area contributed by atoms with E-state index in [9.17, 15) is 4.79 Å². The largest absolute Gasteiger partial charge is 0.493 e. The maximum atomic E-state index is 12.6. The molecule has 0 fully saturated rings. The van der Waals surface area contributed by atoms with E-state index in [0.29, 0.717) is 11.5 Å². The van der Waals surface area contributed by atoms with E-state index in [1.807, 2.05) is 42.6 Å². The highest BCUT2D eigenvalue weighted by Crippen LogP contribution is 2.33. The van der Waals surface area contributed by atoms with Crippen molar-refractivity contribution in [3.8, 4) is 22.1 Å². The highest BCUT2D eigenvalue weighted by Gasteiger charge is 2.14. The van der Waals surface area contributed by atoms with Crippen LogP contribution in [0.1, 0.15) is 24.2 Å². The second-order valence-electron chi connectivity index (χ2n) is 7.29. The van der Waals surface area contributed by atoms with E-state index in [1.165, 1.54) is 22.1 Å². The lowest BCUT2D eigenvalue weighted by Crippen LogP contribution is -2.28. The van der Waals surface area contributed by atoms with Crippen LogP contribution >= 0.6 is 11.3 Å². The summed E-state index contributed by atoms with van der Waals surface area (Å²) in [5, 5.41) is 8.20. The Balaban J connectivity index is 1.42. The zero-order valence-corrected chi connectivity index (χ0v) is 18.5. The quantitative estimate of drug-likeness (QED) is 0.425. The zero-order valence-electron chi connectivity index (χ0n) is 17.7. The summed E-state index contributed by atoms with van der Waals surface area (Å²) in [6.45, 7) is 2.00. The van der Waals surface area contributed by atoms with Crippen LogP contribution in [0.5, 0.6) is 11.5 Å². The minimum atomic E-state index is -0.0824. The molecule has 3 aromatic carbocycles. The molecule has 6 heteroatoms. The Morgan fingerprint density at radius 1 is 1.00 bits per heavy atom. The number of fused-ring (bicyclic) bond motifs is 1. The number of carbonyl (C=O) groups is 1. The first-order valence-corrected chi connectivity index (χ1v) is 10.9. The van der Waals surface area contributed by atoms with Crippen LogP contribution in [0.15, 0.2) is 66.0 Å². The maximum Gasteiger partial charge on any atom is 0.226 e. The summed E-state index contributed by atoms with van der Waals surface area (Å²) in [5.41, 5.74) is 2.76. The molecule has 4 aromatic rings. The minimum Gasteiger partial charge on any atom is -0.493 e. The lowest BCUT2D eigenvalue weighted by Gasteiger charge is -2.15. The molecule has 1 atom stereocenters. The van der Waals surface area contributed by atoms with E-state index in [1.54, 1.807) is 14.2 Å². The van der Waals surface area contributed by atoms with Crippen LogP contribution in [-0.2, 0) is 11.2 Å². The molecule has 1 unspecified atom stereocenters. The third-order valence-corrected chi connectivity index (χ3v) is 6.12. The molecule has 0 radical (unpaired) electrons. The van der Waals surface area contributed by atoms with Crippen molar-refractivity contribution in [1.82, 2.24) is 10.3 Å². The number of methoxy groups -OCH3 is 2. The lowest BCUT2D eigenvalue weighted by atomic mass is 10.0. The van der Waals surface area contributed by atoms with Crippen LogP contribution in [-0.4, -0.2) is 25.1 Å². The Morgan fingerprint density at radius 3 is 2.55 bits per heavy atom. The SMILES string of the molecule is COc1ccc(-c2nc(CC(=O)NC(C)c3ccc4ccccc4c3)cs2)cc1OC. The van der Waals surface area contributed by atoms with Crippen LogP contribution in [0.4, 0.5) is 0 Å². The molecule has 1 amide bonds. The predicted molar refractivity (Wildman–Crippen MR) is 125 cm³/mol. The van der Waals surface area contributed by atoms with Crippen LogP contribution in [0.25, 0.3) is 21.3 Å². The Morgan fingerprint density at radius 2 is 1.77 bits per heavy atom. The van der Waals surface area contributed by atoms with E-state index < -0.39 is 0 Å². The monoisotopic (exact) mass is 432 g/mol. The Labute approximate surface area is 185 Å². The molecule has 0 aliphatic heterocycles. The molecule has 1 aromatic heterocycles. The summed E-state index contributed by atoms with van der Waals surface area (Å²) in [5.74, 6) is 1.27. The van der Waals surface area contributed by atoms with Crippen molar-refractivity contribution in [2.45, 2.75) is 19.4 Å². The average molecular weight is 433 g/mol. The van der Waals surface area contributed by atoms with Gasteiger partial charge in [-0.25, -0.2) is 4.98 Å². The number of rotatable bonds is 7. The summed E-state index contributed by atoms with van der Waals surface area (Å²) in [4.78, 5) is 17.2. The van der Waals surface area contributed by atoms with Gasteiger partial charge in [0.1, 0.15) is 5.01 Å². The third kappa shape index (κ3) is 4.70. The van der Waals surface area contributed by atoms with Gasteiger partial charge in [0.15, 0.2) is 11.5 Å². The highest BCUT2D eigenvalue weighted by molar-refractivity contribution is 7.13. The van der Waals surface area contributed by atoms with Crippen molar-refractivity contribution in [2.24, 2.45) is 0 Å². The van der Waals surface area contributed by atoms with Crippen LogP contribution in [0.3, 0.4) is 0 Å². The van der Waals surface area contributed by atoms with E-state index in [0.717, 1.165) is 21.8 Å². The number of carbonyl (C=O) groups excluding carboxylic acids is 1. The minimum absolute atomic E-state index is 0.0511. The Hall–Kier alpha value is -3.38. The summed E-state index contributed by atoms with van der Waals surface area (Å²) >= 11 is 1.51. The first-order valence-electron chi connectivity index (χ1n) is 10.0. The van der Waals surface area contributed by atoms with Crippen LogP contribution in [0, 0.1) is 0 Å². The molecule has 5 nitrogen and oxygen atoms in total. The fraction of sp³-hybridized carbons (Fsp3) is 0.200. The third-order valence-electron chi connectivity index (χ3n) is 5.17. The molecule has 0 saturated heterocycles. The van der Waals surface area contributed by atoms with E-state index in [2.05, 4.69) is 40.6 Å². The molecule has 0 bridgehead atoms. The van der Waals surface area contributed by atoms with Crippen molar-refractivity contribution in [1.29, 1.82) is 0 Å². The topological polar surface area (TPSA) is 60.5 Å². The number of hydrogen-bond acceptors (Lipinski definition) is 5. The molecule has 1 heterocycles. The van der Waals surface area contributed by atoms with Gasteiger partial charge in [-0.15, -0.1) is 11.3 Å². The standard InChI is InChI=1S/C25H24N2O3S/c1-16(18-9-8-17-6-4-5-7-19(17)12-18)26-24(28)14-21-15-31-25(27-21)20-10-11-22(29-2)23(13-20)30-3/h4-13,15-16H,14H2,1-3H3,(H,26,28). The Bertz CT molecular complexity index is 1220. The van der Waals surface area contributed by atoms with Gasteiger partial charge in [-0.05, 0) is 47.5 Å². The number of nitrogens with zero attached hydrogens (tertiary/aromatic N) is 1. The van der Waals surface area contributed by atoms with Gasteiger partial charge in [0.05, 0.1) is 32.4 Å². The number of thiazole rings is 1. The maximum absolute atomic E-state index is 12.6. The van der Waals surface area contributed by atoms with Crippen LogP contribution < -0.4 is 14.8 Å². The average Bonchev–Trinajstić information content (AvgIpc) is 3.26. The number of benzene rings is 3. The van der Waals surface area contributed by atoms with Gasteiger partial charge in [0.2, 0.25) is 5.91 Å². The number of aromatic nitrogens is 1. The van der Waals surface area contributed by atoms with E-state index >= 15 is 0 Å². The summed E-state index contributed by atoms with van der Waals surface area (Å²) in [7, 11) is 3.21. The van der Waals surface area contributed by atoms with Gasteiger partial charge in [-0.2, -0.15) is 0 Å². The molecule has 1 N–H and O–H groups in total. The van der Waals surface area contributed by atoms with E-state index in [-0.39, 0.29) is 18.4 Å². The van der Waals surface area contributed by atoms with Crippen LogP contribution in [0.2, 0.25) is 0 Å². The fourth-order valence-corrected chi connectivity index (χ4v) is 4.32. The van der Waals surface area contributed by atoms with Crippen molar-refractivity contribution in [2.75, 3.05) is 14.2 Å². The number of nitrogens with one attached hydrogen (secondary N) is 1. The van der Waals surface area contributed by atoms with Gasteiger partial charge in [-0.3, -0.25) is 4.79 Å². The van der Waals surface area contributed by atoms with Crippen molar-refractivity contribution < 1.29 is 14.3 Å². The molecule has 0 aliphatic rings. The Kier molecular flexibility index (Phi) is 6.18. The molecule has 158 valence electrons. The normalized spacial score (nSPS) is 11.8. The molecule has 0 saturated carbocycles. The number of ether oxygens (including phenoxy) is 2. The van der Waals surface area contributed by atoms with E-state index in [4.69, 9.17) is 9.47 Å². The fourth-order valence-electron chi connectivity index (χ4n) is 3.51. The first kappa shape index (κ1) is 20.9. The zero-order chi connectivity index (χ0) is 21.8. The molecule has 0 spiro atoms. The summed E-state index contributed by atoms with van der Waals surface area (Å²) < 4.78 is 10.7. The molecule has 0 aliphatic carbocycles. The summed E-state index contributed by atoms with van der Waals surface area (Å²) in [6, 6.07) is 20.1.